The maximum atomic E-state index is 11.0. The number of amides is 1. The predicted octanol–water partition coefficient (Wildman–Crippen LogP) is 0.902. The van der Waals surface area contributed by atoms with Gasteiger partial charge in [0.1, 0.15) is 11.5 Å². The van der Waals surface area contributed by atoms with Crippen LogP contribution in [-0.2, 0) is 0 Å². The van der Waals surface area contributed by atoms with Crippen molar-refractivity contribution in [3.63, 3.8) is 0 Å². The molecule has 4 N–H and O–H groups in total. The van der Waals surface area contributed by atoms with Crippen molar-refractivity contribution in [1.82, 2.24) is 10.3 Å². The fourth-order valence-electron chi connectivity index (χ4n) is 1.92. The number of carbonyl (C=O) groups excluding carboxylic acids is 1. The Morgan fingerprint density at radius 3 is 3.11 bits per heavy atom. The Hall–Kier alpha value is -1.88. The molecule has 1 aromatic heterocycles. The van der Waals surface area contributed by atoms with Crippen molar-refractivity contribution < 1.29 is 4.79 Å². The van der Waals surface area contributed by atoms with Crippen molar-refractivity contribution >= 4 is 11.7 Å². The third kappa shape index (κ3) is 3.56. The van der Waals surface area contributed by atoms with E-state index in [1.807, 2.05) is 6.07 Å². The Morgan fingerprint density at radius 1 is 1.50 bits per heavy atom. The molecule has 0 aliphatic carbocycles. The molecule has 0 spiro atoms. The number of nitrogens with zero attached hydrogens (tertiary/aromatic N) is 1. The first-order valence-corrected chi connectivity index (χ1v) is 6.15. The zero-order chi connectivity index (χ0) is 12.8. The van der Waals surface area contributed by atoms with Gasteiger partial charge in [0.15, 0.2) is 0 Å². The van der Waals surface area contributed by atoms with Crippen LogP contribution in [0.1, 0.15) is 23.3 Å². The topological polar surface area (TPSA) is 80.0 Å². The van der Waals surface area contributed by atoms with E-state index in [2.05, 4.69) is 21.7 Å². The zero-order valence-electron chi connectivity index (χ0n) is 10.3. The third-order valence-corrected chi connectivity index (χ3v) is 2.91. The summed E-state index contributed by atoms with van der Waals surface area (Å²) in [4.78, 5) is 15.1. The van der Waals surface area contributed by atoms with Gasteiger partial charge in [-0.2, -0.15) is 0 Å². The van der Waals surface area contributed by atoms with Crippen molar-refractivity contribution in [1.29, 1.82) is 0 Å². The highest BCUT2D eigenvalue weighted by Crippen LogP contribution is 2.10. The molecule has 0 fully saturated rings. The summed E-state index contributed by atoms with van der Waals surface area (Å²) in [7, 11) is 0. The fraction of sp³-hybridized carbons (Fsp3) is 0.385. The molecule has 1 aromatic rings. The number of carbonyl (C=O) groups is 1. The van der Waals surface area contributed by atoms with Crippen LogP contribution < -0.4 is 16.4 Å². The van der Waals surface area contributed by atoms with Gasteiger partial charge >= 0.3 is 0 Å². The molecule has 1 aliphatic heterocycles. The molecule has 0 atom stereocenters. The minimum atomic E-state index is -0.500. The van der Waals surface area contributed by atoms with Gasteiger partial charge in [-0.05, 0) is 31.5 Å². The summed E-state index contributed by atoms with van der Waals surface area (Å²) < 4.78 is 0. The highest BCUT2D eigenvalue weighted by molar-refractivity contribution is 5.91. The van der Waals surface area contributed by atoms with Crippen LogP contribution in [0.3, 0.4) is 0 Å². The van der Waals surface area contributed by atoms with E-state index in [0.29, 0.717) is 11.5 Å². The first-order chi connectivity index (χ1) is 8.75. The molecule has 5 heteroatoms. The molecule has 0 saturated heterocycles. The van der Waals surface area contributed by atoms with Crippen molar-refractivity contribution in [3.8, 4) is 0 Å². The van der Waals surface area contributed by atoms with Gasteiger partial charge in [-0.3, -0.25) is 4.79 Å². The normalized spacial score (nSPS) is 15.0. The summed E-state index contributed by atoms with van der Waals surface area (Å²) in [6, 6.07) is 5.23. The molecule has 96 valence electrons. The molecule has 2 heterocycles. The van der Waals surface area contributed by atoms with E-state index in [9.17, 15) is 4.79 Å². The SMILES string of the molecule is NC(=O)c1cccc(NCCC2=CCNCC2)n1. The molecular weight excluding hydrogens is 228 g/mol. The van der Waals surface area contributed by atoms with Crippen LogP contribution in [0, 0.1) is 0 Å². The molecule has 5 nitrogen and oxygen atoms in total. The van der Waals surface area contributed by atoms with E-state index >= 15 is 0 Å². The first-order valence-electron chi connectivity index (χ1n) is 6.15. The molecule has 18 heavy (non-hydrogen) atoms. The lowest BCUT2D eigenvalue weighted by molar-refractivity contribution is 0.0995. The van der Waals surface area contributed by atoms with E-state index in [4.69, 9.17) is 5.73 Å². The molecule has 0 bridgehead atoms. The maximum absolute atomic E-state index is 11.0. The number of rotatable bonds is 5. The average molecular weight is 246 g/mol. The third-order valence-electron chi connectivity index (χ3n) is 2.91. The van der Waals surface area contributed by atoms with Gasteiger partial charge in [-0.25, -0.2) is 4.98 Å². The highest BCUT2D eigenvalue weighted by atomic mass is 16.1. The second-order valence-corrected chi connectivity index (χ2v) is 4.27. The monoisotopic (exact) mass is 246 g/mol. The summed E-state index contributed by atoms with van der Waals surface area (Å²) in [6.07, 6.45) is 4.35. The number of nitrogens with one attached hydrogen (secondary N) is 2. The van der Waals surface area contributed by atoms with Crippen LogP contribution in [0.4, 0.5) is 5.82 Å². The van der Waals surface area contributed by atoms with E-state index in [1.54, 1.807) is 12.1 Å². The summed E-state index contributed by atoms with van der Waals surface area (Å²) in [6.45, 7) is 2.84. The van der Waals surface area contributed by atoms with Gasteiger partial charge < -0.3 is 16.4 Å². The quantitative estimate of drug-likeness (QED) is 0.674. The van der Waals surface area contributed by atoms with Gasteiger partial charge in [0, 0.05) is 13.1 Å². The fourth-order valence-corrected chi connectivity index (χ4v) is 1.92. The van der Waals surface area contributed by atoms with Crippen LogP contribution in [0.5, 0.6) is 0 Å². The molecule has 0 aromatic carbocycles. The number of aromatic nitrogens is 1. The zero-order valence-corrected chi connectivity index (χ0v) is 10.3. The van der Waals surface area contributed by atoms with E-state index < -0.39 is 5.91 Å². The number of nitrogens with two attached hydrogens (primary N) is 1. The first kappa shape index (κ1) is 12.6. The lowest BCUT2D eigenvalue weighted by Gasteiger charge is -2.14. The molecule has 0 saturated carbocycles. The lowest BCUT2D eigenvalue weighted by atomic mass is 10.1. The summed E-state index contributed by atoms with van der Waals surface area (Å²) >= 11 is 0. The van der Waals surface area contributed by atoms with Gasteiger partial charge in [-0.1, -0.05) is 17.7 Å². The highest BCUT2D eigenvalue weighted by Gasteiger charge is 2.04. The molecular formula is C13H18N4O. The number of hydrogen-bond donors (Lipinski definition) is 3. The Labute approximate surface area is 106 Å². The minimum Gasteiger partial charge on any atom is -0.370 e. The van der Waals surface area contributed by atoms with Crippen molar-refractivity contribution in [2.24, 2.45) is 5.73 Å². The van der Waals surface area contributed by atoms with E-state index in [-0.39, 0.29) is 0 Å². The second kappa shape index (κ2) is 6.16. The van der Waals surface area contributed by atoms with Gasteiger partial charge in [0.25, 0.3) is 5.91 Å². The summed E-state index contributed by atoms with van der Waals surface area (Å²) in [5.41, 5.74) is 6.94. The number of primary amides is 1. The molecule has 2 rings (SSSR count). The molecule has 0 radical (unpaired) electrons. The minimum absolute atomic E-state index is 0.293. The van der Waals surface area contributed by atoms with Crippen molar-refractivity contribution in [3.05, 3.63) is 35.5 Å². The van der Waals surface area contributed by atoms with Crippen LogP contribution in [0.2, 0.25) is 0 Å². The smallest absolute Gasteiger partial charge is 0.267 e. The standard InChI is InChI=1S/C13H18N4O/c14-13(18)11-2-1-3-12(17-11)16-9-6-10-4-7-15-8-5-10/h1-4,15H,5-9H2,(H2,14,18)(H,16,17). The Bertz CT molecular complexity index is 456. The summed E-state index contributed by atoms with van der Waals surface area (Å²) in [5.74, 6) is 0.195. The Kier molecular flexibility index (Phi) is 4.30. The molecule has 0 unspecified atom stereocenters. The van der Waals surface area contributed by atoms with Crippen LogP contribution in [-0.4, -0.2) is 30.5 Å². The number of hydrogen-bond acceptors (Lipinski definition) is 4. The Morgan fingerprint density at radius 2 is 2.39 bits per heavy atom. The predicted molar refractivity (Wildman–Crippen MR) is 71.4 cm³/mol. The Balaban J connectivity index is 1.84. The van der Waals surface area contributed by atoms with Crippen LogP contribution in [0.25, 0.3) is 0 Å². The number of pyridine rings is 1. The van der Waals surface area contributed by atoms with Gasteiger partial charge in [-0.15, -0.1) is 0 Å². The lowest BCUT2D eigenvalue weighted by Crippen LogP contribution is -2.21. The van der Waals surface area contributed by atoms with Crippen LogP contribution >= 0.6 is 0 Å². The van der Waals surface area contributed by atoms with Gasteiger partial charge in [0.2, 0.25) is 0 Å². The molecule has 1 aliphatic rings. The van der Waals surface area contributed by atoms with Crippen molar-refractivity contribution in [2.45, 2.75) is 12.8 Å². The largest absolute Gasteiger partial charge is 0.370 e. The van der Waals surface area contributed by atoms with E-state index in [0.717, 1.165) is 32.5 Å². The van der Waals surface area contributed by atoms with Gasteiger partial charge in [0.05, 0.1) is 0 Å². The van der Waals surface area contributed by atoms with Crippen LogP contribution in [0.15, 0.2) is 29.8 Å². The number of anilines is 1. The molecule has 1 amide bonds. The maximum Gasteiger partial charge on any atom is 0.267 e. The summed E-state index contributed by atoms with van der Waals surface area (Å²) in [5, 5.41) is 6.49. The average Bonchev–Trinajstić information content (AvgIpc) is 2.40. The van der Waals surface area contributed by atoms with E-state index in [1.165, 1.54) is 5.57 Å². The second-order valence-electron chi connectivity index (χ2n) is 4.27. The van der Waals surface area contributed by atoms with Crippen molar-refractivity contribution in [2.75, 3.05) is 25.0 Å².